The van der Waals surface area contributed by atoms with Gasteiger partial charge in [-0.2, -0.15) is 12.6 Å². The topological polar surface area (TPSA) is 140 Å². The summed E-state index contributed by atoms with van der Waals surface area (Å²) in [7, 11) is 0. The molecule has 0 radical (unpaired) electrons. The molecule has 2 aromatic carbocycles. The first kappa shape index (κ1) is 34.6. The van der Waals surface area contributed by atoms with Crippen molar-refractivity contribution in [2.45, 2.75) is 81.9 Å². The third-order valence-corrected chi connectivity index (χ3v) is 10.00. The lowest BCUT2D eigenvalue weighted by atomic mass is 9.94. The molecule has 0 spiro atoms. The molecule has 3 aliphatic rings. The molecular formula is C35H47N5O6S. The number of hydrogen-bond acceptors (Lipinski definition) is 7. The maximum absolute atomic E-state index is 14.1. The highest BCUT2D eigenvalue weighted by Crippen LogP contribution is 2.24. The first-order valence-electron chi connectivity index (χ1n) is 16.7. The normalized spacial score (nSPS) is 25.1. The predicted octanol–water partition coefficient (Wildman–Crippen LogP) is 2.58. The third kappa shape index (κ3) is 9.41. The Balaban J connectivity index is 1.42. The van der Waals surface area contributed by atoms with Crippen LogP contribution in [0.5, 0.6) is 5.75 Å². The Hall–Kier alpha value is -3.77. The van der Waals surface area contributed by atoms with Crippen LogP contribution in [0.3, 0.4) is 0 Å². The molecule has 4 bridgehead atoms. The summed E-state index contributed by atoms with van der Waals surface area (Å²) in [6.07, 6.45) is 3.72. The van der Waals surface area contributed by atoms with Gasteiger partial charge in [0.25, 0.3) is 0 Å². The number of amides is 5. The van der Waals surface area contributed by atoms with Crippen LogP contribution >= 0.6 is 12.6 Å². The number of fused-ring (bicyclic) bond motifs is 4. The van der Waals surface area contributed by atoms with E-state index in [-0.39, 0.29) is 24.3 Å². The number of aliphatic hydroxyl groups is 1. The van der Waals surface area contributed by atoms with Crippen molar-refractivity contribution in [2.24, 2.45) is 5.92 Å². The number of urea groups is 1. The molecule has 254 valence electrons. The Morgan fingerprint density at radius 3 is 2.55 bits per heavy atom. The Bertz CT molecular complexity index is 1400. The van der Waals surface area contributed by atoms with E-state index in [4.69, 9.17) is 4.74 Å². The first-order chi connectivity index (χ1) is 22.7. The summed E-state index contributed by atoms with van der Waals surface area (Å²) in [4.78, 5) is 58.3. The molecule has 0 aliphatic carbocycles. The molecule has 4 atom stereocenters. The van der Waals surface area contributed by atoms with Crippen LogP contribution in [0.4, 0.5) is 4.79 Å². The van der Waals surface area contributed by atoms with Crippen molar-refractivity contribution < 1.29 is 29.0 Å². The minimum Gasteiger partial charge on any atom is -0.494 e. The number of nitrogens with one attached hydrogen (secondary N) is 3. The van der Waals surface area contributed by atoms with Crippen molar-refractivity contribution in [1.29, 1.82) is 0 Å². The summed E-state index contributed by atoms with van der Waals surface area (Å²) in [6, 6.07) is 12.7. The van der Waals surface area contributed by atoms with Crippen LogP contribution in [-0.2, 0) is 27.3 Å². The van der Waals surface area contributed by atoms with Gasteiger partial charge < -0.3 is 35.6 Å². The lowest BCUT2D eigenvalue weighted by Crippen LogP contribution is -2.61. The van der Waals surface area contributed by atoms with E-state index in [0.717, 1.165) is 41.7 Å². The molecule has 5 rings (SSSR count). The Morgan fingerprint density at radius 2 is 1.79 bits per heavy atom. The van der Waals surface area contributed by atoms with E-state index < -0.39 is 35.4 Å². The number of benzene rings is 2. The van der Waals surface area contributed by atoms with Crippen molar-refractivity contribution in [2.75, 3.05) is 32.8 Å². The maximum atomic E-state index is 14.1. The molecule has 12 heteroatoms. The number of nitrogens with zero attached hydrogens (tertiary/aromatic N) is 2. The van der Waals surface area contributed by atoms with Crippen LogP contribution in [0.15, 0.2) is 48.5 Å². The van der Waals surface area contributed by atoms with Crippen LogP contribution in [0.1, 0.15) is 55.2 Å². The molecule has 5 amide bonds. The highest BCUT2D eigenvalue weighted by Gasteiger charge is 2.39. The minimum atomic E-state index is -1.33. The Labute approximate surface area is 282 Å². The number of piperidine rings is 2. The largest absolute Gasteiger partial charge is 0.494 e. The number of ether oxygens (including phenoxy) is 1. The zero-order valence-electron chi connectivity index (χ0n) is 27.0. The summed E-state index contributed by atoms with van der Waals surface area (Å²) < 4.78 is 6.10. The van der Waals surface area contributed by atoms with E-state index in [9.17, 15) is 24.3 Å². The fourth-order valence-corrected chi connectivity index (χ4v) is 6.85. The van der Waals surface area contributed by atoms with Gasteiger partial charge in [-0.3, -0.25) is 14.4 Å². The lowest BCUT2D eigenvalue weighted by molar-refractivity contribution is -0.136. The Kier molecular flexibility index (Phi) is 12.0. The van der Waals surface area contributed by atoms with Crippen LogP contribution in [-0.4, -0.2) is 94.9 Å². The second-order valence-corrected chi connectivity index (χ2v) is 13.5. The van der Waals surface area contributed by atoms with Gasteiger partial charge in [-0.1, -0.05) is 36.4 Å². The predicted molar refractivity (Wildman–Crippen MR) is 181 cm³/mol. The van der Waals surface area contributed by atoms with E-state index in [0.29, 0.717) is 58.5 Å². The van der Waals surface area contributed by atoms with Gasteiger partial charge in [0.1, 0.15) is 23.1 Å². The van der Waals surface area contributed by atoms with Gasteiger partial charge in [0.2, 0.25) is 17.7 Å². The highest BCUT2D eigenvalue weighted by atomic mass is 32.1. The molecule has 3 heterocycles. The Morgan fingerprint density at radius 1 is 1.02 bits per heavy atom. The fraction of sp³-hybridized carbons (Fsp3) is 0.543. The number of thiol groups is 1. The molecular weight excluding hydrogens is 618 g/mol. The number of rotatable bonds is 4. The number of aryl methyl sites for hydroxylation is 2. The fourth-order valence-electron chi connectivity index (χ4n) is 6.47. The summed E-state index contributed by atoms with van der Waals surface area (Å²) in [5.41, 5.74) is 2.92. The second kappa shape index (κ2) is 16.4. The average Bonchev–Trinajstić information content (AvgIpc) is 3.08. The van der Waals surface area contributed by atoms with Crippen LogP contribution in [0.2, 0.25) is 0 Å². The lowest BCUT2D eigenvalue weighted by Gasteiger charge is -2.36. The molecule has 4 N–H and O–H groups in total. The van der Waals surface area contributed by atoms with E-state index in [2.05, 4.69) is 28.6 Å². The van der Waals surface area contributed by atoms with E-state index >= 15 is 0 Å². The monoisotopic (exact) mass is 665 g/mol. The van der Waals surface area contributed by atoms with Crippen molar-refractivity contribution in [3.05, 3.63) is 65.2 Å². The summed E-state index contributed by atoms with van der Waals surface area (Å²) in [6.45, 7) is 4.39. The van der Waals surface area contributed by atoms with Gasteiger partial charge >= 0.3 is 6.03 Å². The van der Waals surface area contributed by atoms with Gasteiger partial charge in [-0.25, -0.2) is 4.79 Å². The molecule has 2 aromatic rings. The number of hydrogen-bond donors (Lipinski definition) is 5. The van der Waals surface area contributed by atoms with Crippen molar-refractivity contribution in [3.8, 4) is 5.75 Å². The second-order valence-electron chi connectivity index (χ2n) is 12.9. The molecule has 2 saturated heterocycles. The quantitative estimate of drug-likeness (QED) is 0.318. The van der Waals surface area contributed by atoms with E-state index in [1.54, 1.807) is 4.90 Å². The van der Waals surface area contributed by atoms with Crippen molar-refractivity contribution in [3.63, 3.8) is 0 Å². The summed E-state index contributed by atoms with van der Waals surface area (Å²) in [5, 5.41) is 17.4. The average molecular weight is 666 g/mol. The van der Waals surface area contributed by atoms with Crippen LogP contribution in [0, 0.1) is 12.8 Å². The number of aliphatic hydroxyl groups excluding tert-OH is 1. The van der Waals surface area contributed by atoms with Crippen LogP contribution < -0.4 is 20.7 Å². The molecule has 2 fully saturated rings. The van der Waals surface area contributed by atoms with Gasteiger partial charge in [-0.05, 0) is 86.6 Å². The SMILES string of the molecule is Cc1ccc2cc1CNC(=O)[C@H](CCc1ccccc1)NC(=O)[C@@H](NC(=O)N1CCC(O)CC1)C(S)C(=O)N1CCCC(CCO2)C1. The van der Waals surface area contributed by atoms with Gasteiger partial charge in [-0.15, -0.1) is 0 Å². The van der Waals surface area contributed by atoms with Crippen molar-refractivity contribution >= 4 is 36.4 Å². The summed E-state index contributed by atoms with van der Waals surface area (Å²) >= 11 is 4.65. The number of likely N-dealkylation sites (tertiary alicyclic amines) is 1. The molecule has 0 aromatic heterocycles. The van der Waals surface area contributed by atoms with Gasteiger partial charge in [0, 0.05) is 32.7 Å². The number of carbonyl (C=O) groups is 4. The molecule has 3 aliphatic heterocycles. The molecule has 0 saturated carbocycles. The van der Waals surface area contributed by atoms with Crippen molar-refractivity contribution in [1.82, 2.24) is 25.8 Å². The van der Waals surface area contributed by atoms with Gasteiger partial charge in [0.05, 0.1) is 12.7 Å². The molecule has 47 heavy (non-hydrogen) atoms. The van der Waals surface area contributed by atoms with Gasteiger partial charge in [0.15, 0.2) is 0 Å². The maximum Gasteiger partial charge on any atom is 0.318 e. The highest BCUT2D eigenvalue weighted by molar-refractivity contribution is 7.82. The van der Waals surface area contributed by atoms with E-state index in [1.165, 1.54) is 4.90 Å². The third-order valence-electron chi connectivity index (χ3n) is 9.48. The smallest absolute Gasteiger partial charge is 0.318 e. The molecule has 11 nitrogen and oxygen atoms in total. The zero-order valence-corrected chi connectivity index (χ0v) is 27.9. The first-order valence-corrected chi connectivity index (χ1v) is 17.2. The zero-order chi connectivity index (χ0) is 33.3. The van der Waals surface area contributed by atoms with E-state index in [1.807, 2.05) is 55.5 Å². The standard InChI is InChI=1S/C35H47N5O6S/c1-23-9-11-28-20-26(23)21-36-32(42)29(12-10-24-6-3-2-4-7-24)37-33(43)30(38-35(45)39-17-13-27(41)14-18-39)31(47)34(44)40-16-5-8-25(22-40)15-19-46-28/h2-4,6-7,9,11,20,25,27,29-31,41,47H,5,8,10,12-19,21-22H2,1H3,(H,36,42)(H,37,43)(H,38,45)/t25?,29-,30-,31?/m0/s1. The summed E-state index contributed by atoms with van der Waals surface area (Å²) in [5.74, 6) is -0.436. The molecule has 2 unspecified atom stereocenters. The minimum absolute atomic E-state index is 0.223. The van der Waals surface area contributed by atoms with Crippen LogP contribution in [0.25, 0.3) is 0 Å². The number of carbonyl (C=O) groups excluding carboxylic acids is 4.